The summed E-state index contributed by atoms with van der Waals surface area (Å²) < 4.78 is 25.9. The van der Waals surface area contributed by atoms with Gasteiger partial charge in [-0.25, -0.2) is 9.40 Å². The summed E-state index contributed by atoms with van der Waals surface area (Å²) >= 11 is -2.23. The van der Waals surface area contributed by atoms with E-state index in [9.17, 15) is 8.76 Å². The second-order valence-electron chi connectivity index (χ2n) is 8.05. The number of likely N-dealkylation sites (tertiary alicyclic amines) is 1. The van der Waals surface area contributed by atoms with E-state index < -0.39 is 11.3 Å². The molecule has 1 fully saturated rings. The van der Waals surface area contributed by atoms with Crippen LogP contribution in [0.1, 0.15) is 41.1 Å². The summed E-state index contributed by atoms with van der Waals surface area (Å²) in [4.78, 5) is 2.47. The van der Waals surface area contributed by atoms with Crippen LogP contribution in [0.25, 0.3) is 11.3 Å². The highest BCUT2D eigenvalue weighted by atomic mass is 32.2. The van der Waals surface area contributed by atoms with Gasteiger partial charge in [-0.1, -0.05) is 53.7 Å². The standard InChI is InChI=1S/C22H25N5O2S/c28-30(29)23-13-16-4-3-6-18(12-16)17-8-10-26(11-9-17)15-21-22-20-7-2-1-5-19(20)14-27(22)25-24-21/h1-7,12,17,23H,8-11,13-15H2,(H,28,29)/p-1. The molecule has 0 bridgehead atoms. The van der Waals surface area contributed by atoms with Gasteiger partial charge in [0.05, 0.1) is 12.2 Å². The molecule has 1 unspecified atom stereocenters. The van der Waals surface area contributed by atoms with Crippen molar-refractivity contribution in [1.29, 1.82) is 0 Å². The van der Waals surface area contributed by atoms with E-state index >= 15 is 0 Å². The maximum atomic E-state index is 10.7. The van der Waals surface area contributed by atoms with Crippen LogP contribution in [0.5, 0.6) is 0 Å². The van der Waals surface area contributed by atoms with Gasteiger partial charge in [-0.3, -0.25) is 9.11 Å². The highest BCUT2D eigenvalue weighted by Crippen LogP contribution is 2.34. The number of piperidine rings is 1. The van der Waals surface area contributed by atoms with Crippen LogP contribution in [-0.2, 0) is 30.9 Å². The molecule has 0 spiro atoms. The van der Waals surface area contributed by atoms with Crippen molar-refractivity contribution in [2.24, 2.45) is 0 Å². The van der Waals surface area contributed by atoms with Crippen LogP contribution < -0.4 is 4.72 Å². The van der Waals surface area contributed by atoms with Crippen LogP contribution in [0.4, 0.5) is 0 Å². The van der Waals surface area contributed by atoms with Gasteiger partial charge in [0, 0.05) is 29.9 Å². The molecule has 2 aliphatic heterocycles. The predicted octanol–water partition coefficient (Wildman–Crippen LogP) is 2.57. The first-order chi connectivity index (χ1) is 14.7. The number of hydrogen-bond donors (Lipinski definition) is 1. The fraction of sp³-hybridized carbons (Fsp3) is 0.364. The predicted molar refractivity (Wildman–Crippen MR) is 114 cm³/mol. The Morgan fingerprint density at radius 1 is 1.13 bits per heavy atom. The van der Waals surface area contributed by atoms with Crippen molar-refractivity contribution in [3.8, 4) is 11.3 Å². The average Bonchev–Trinajstić information content (AvgIpc) is 3.33. The Bertz CT molecular complexity index is 1070. The SMILES string of the molecule is O=S([O-])NCc1cccc(C2CCN(Cc3nnn4c3-c3ccccc3C4)CC2)c1. The summed E-state index contributed by atoms with van der Waals surface area (Å²) in [5.74, 6) is 0.505. The number of nitrogens with zero attached hydrogens (tertiary/aromatic N) is 4. The zero-order valence-electron chi connectivity index (χ0n) is 16.7. The van der Waals surface area contributed by atoms with E-state index in [0.29, 0.717) is 12.5 Å². The third-order valence-electron chi connectivity index (χ3n) is 6.17. The smallest absolute Gasteiger partial charge is 0.105 e. The molecule has 7 nitrogen and oxygen atoms in total. The maximum absolute atomic E-state index is 10.7. The molecule has 0 radical (unpaired) electrons. The van der Waals surface area contributed by atoms with Gasteiger partial charge in [-0.15, -0.1) is 5.10 Å². The molecule has 30 heavy (non-hydrogen) atoms. The van der Waals surface area contributed by atoms with E-state index in [4.69, 9.17) is 0 Å². The van der Waals surface area contributed by atoms with Crippen LogP contribution in [0.15, 0.2) is 48.5 Å². The molecule has 1 aromatic heterocycles. The lowest BCUT2D eigenvalue weighted by molar-refractivity contribution is 0.202. The molecule has 0 amide bonds. The van der Waals surface area contributed by atoms with E-state index in [1.807, 2.05) is 16.8 Å². The van der Waals surface area contributed by atoms with Crippen LogP contribution >= 0.6 is 0 Å². The average molecular weight is 423 g/mol. The number of rotatable bonds is 6. The minimum atomic E-state index is -2.23. The van der Waals surface area contributed by atoms with E-state index in [-0.39, 0.29) is 0 Å². The Morgan fingerprint density at radius 2 is 1.97 bits per heavy atom. The number of nitrogens with one attached hydrogen (secondary N) is 1. The Kier molecular flexibility index (Phi) is 5.47. The van der Waals surface area contributed by atoms with Crippen LogP contribution in [0.2, 0.25) is 0 Å². The van der Waals surface area contributed by atoms with Crippen molar-refractivity contribution in [1.82, 2.24) is 24.6 Å². The van der Waals surface area contributed by atoms with Gasteiger partial charge in [-0.05, 0) is 48.5 Å². The second-order valence-corrected chi connectivity index (χ2v) is 8.81. The molecule has 156 valence electrons. The summed E-state index contributed by atoms with van der Waals surface area (Å²) in [7, 11) is 0. The first-order valence-corrected chi connectivity index (χ1v) is 11.4. The third kappa shape index (κ3) is 3.96. The van der Waals surface area contributed by atoms with E-state index in [1.54, 1.807) is 0 Å². The quantitative estimate of drug-likeness (QED) is 0.483. The lowest BCUT2D eigenvalue weighted by Crippen LogP contribution is -2.32. The molecule has 1 N–H and O–H groups in total. The number of aromatic nitrogens is 3. The Hall–Kier alpha value is -2.39. The van der Waals surface area contributed by atoms with Crippen LogP contribution in [0, 0.1) is 0 Å². The molecule has 2 aliphatic rings. The summed E-state index contributed by atoms with van der Waals surface area (Å²) in [5.41, 5.74) is 7.11. The fourth-order valence-electron chi connectivity index (χ4n) is 4.65. The highest BCUT2D eigenvalue weighted by Gasteiger charge is 2.27. The molecule has 1 atom stereocenters. The molecule has 5 rings (SSSR count). The molecule has 8 heteroatoms. The van der Waals surface area contributed by atoms with Gasteiger partial charge >= 0.3 is 0 Å². The van der Waals surface area contributed by atoms with Gasteiger partial charge < -0.3 is 4.55 Å². The first kappa shape index (κ1) is 19.6. The second kappa shape index (κ2) is 8.39. The topological polar surface area (TPSA) is 86.1 Å². The fourth-order valence-corrected chi connectivity index (χ4v) is 4.93. The minimum absolute atomic E-state index is 0.336. The molecule has 1 saturated heterocycles. The monoisotopic (exact) mass is 422 g/mol. The van der Waals surface area contributed by atoms with E-state index in [1.165, 1.54) is 22.4 Å². The van der Waals surface area contributed by atoms with Crippen molar-refractivity contribution in [3.63, 3.8) is 0 Å². The zero-order chi connectivity index (χ0) is 20.5. The highest BCUT2D eigenvalue weighted by molar-refractivity contribution is 7.77. The maximum Gasteiger partial charge on any atom is 0.105 e. The molecular formula is C22H24N5O2S-. The summed E-state index contributed by atoms with van der Waals surface area (Å²) in [6.07, 6.45) is 2.18. The van der Waals surface area contributed by atoms with Crippen molar-refractivity contribution in [2.45, 2.75) is 38.4 Å². The van der Waals surface area contributed by atoms with Gasteiger partial charge in [-0.2, -0.15) is 0 Å². The normalized spacial score (nSPS) is 17.6. The van der Waals surface area contributed by atoms with Crippen LogP contribution in [-0.4, -0.2) is 41.7 Å². The van der Waals surface area contributed by atoms with Gasteiger partial charge in [0.25, 0.3) is 0 Å². The van der Waals surface area contributed by atoms with Crippen molar-refractivity contribution in [2.75, 3.05) is 13.1 Å². The summed E-state index contributed by atoms with van der Waals surface area (Å²) in [6.45, 7) is 4.02. The first-order valence-electron chi connectivity index (χ1n) is 10.3. The summed E-state index contributed by atoms with van der Waals surface area (Å²) in [6, 6.07) is 16.7. The minimum Gasteiger partial charge on any atom is -0.760 e. The summed E-state index contributed by atoms with van der Waals surface area (Å²) in [5, 5.41) is 8.84. The molecular weight excluding hydrogens is 398 g/mol. The zero-order valence-corrected chi connectivity index (χ0v) is 17.5. The van der Waals surface area contributed by atoms with E-state index in [2.05, 4.69) is 56.3 Å². The van der Waals surface area contributed by atoms with Crippen molar-refractivity contribution < 1.29 is 8.76 Å². The number of hydrogen-bond acceptors (Lipinski definition) is 5. The van der Waals surface area contributed by atoms with Gasteiger partial charge in [0.15, 0.2) is 0 Å². The van der Waals surface area contributed by atoms with Gasteiger partial charge in [0.2, 0.25) is 0 Å². The molecule has 2 aromatic carbocycles. The third-order valence-corrected chi connectivity index (χ3v) is 6.56. The lowest BCUT2D eigenvalue weighted by Gasteiger charge is -2.32. The molecule has 0 aliphatic carbocycles. The lowest BCUT2D eigenvalue weighted by atomic mass is 9.88. The Labute approximate surface area is 178 Å². The van der Waals surface area contributed by atoms with Crippen molar-refractivity contribution >= 4 is 11.3 Å². The van der Waals surface area contributed by atoms with E-state index in [0.717, 1.165) is 50.3 Å². The molecule has 3 heterocycles. The van der Waals surface area contributed by atoms with Crippen molar-refractivity contribution in [3.05, 3.63) is 70.9 Å². The largest absolute Gasteiger partial charge is 0.760 e. The number of benzene rings is 2. The Balaban J connectivity index is 1.22. The molecule has 0 saturated carbocycles. The van der Waals surface area contributed by atoms with Crippen LogP contribution in [0.3, 0.4) is 0 Å². The Morgan fingerprint density at radius 3 is 2.80 bits per heavy atom. The number of fused-ring (bicyclic) bond motifs is 3. The van der Waals surface area contributed by atoms with Gasteiger partial charge in [0.1, 0.15) is 5.69 Å². The molecule has 3 aromatic rings.